The topological polar surface area (TPSA) is 16.1 Å². The quantitative estimate of drug-likeness (QED) is 0.581. The van der Waals surface area contributed by atoms with Gasteiger partial charge in [0.15, 0.2) is 0 Å². The lowest BCUT2D eigenvalue weighted by Crippen LogP contribution is -2.20. The predicted molar refractivity (Wildman–Crippen MR) is 104 cm³/mol. The van der Waals surface area contributed by atoms with E-state index < -0.39 is 0 Å². The highest BCUT2D eigenvalue weighted by atomic mass is 32.2. The maximum Gasteiger partial charge on any atom is 0.138 e. The summed E-state index contributed by atoms with van der Waals surface area (Å²) in [6, 6.07) is 20.7. The van der Waals surface area contributed by atoms with Gasteiger partial charge in [-0.2, -0.15) is 0 Å². The number of benzene rings is 2. The number of para-hydroxylation sites is 2. The van der Waals surface area contributed by atoms with Gasteiger partial charge in [-0.3, -0.25) is 4.90 Å². The molecule has 0 saturated carbocycles. The van der Waals surface area contributed by atoms with Gasteiger partial charge in [0.05, 0.1) is 16.9 Å². The summed E-state index contributed by atoms with van der Waals surface area (Å²) in [4.78, 5) is 9.29. The summed E-state index contributed by atoms with van der Waals surface area (Å²) in [5.41, 5.74) is 3.11. The van der Waals surface area contributed by atoms with Gasteiger partial charge in [-0.15, -0.1) is 0 Å². The summed E-state index contributed by atoms with van der Waals surface area (Å²) < 4.78 is 0. The number of hydrogen-bond acceptors (Lipinski definition) is 3. The van der Waals surface area contributed by atoms with Crippen LogP contribution in [0.2, 0.25) is 0 Å². The van der Waals surface area contributed by atoms with E-state index in [1.165, 1.54) is 4.90 Å². The first kappa shape index (κ1) is 14.8. The first-order valence-electron chi connectivity index (χ1n) is 7.74. The van der Waals surface area contributed by atoms with E-state index in [4.69, 9.17) is 4.98 Å². The Balaban J connectivity index is 1.97. The highest BCUT2D eigenvalue weighted by Gasteiger charge is 2.25. The van der Waals surface area contributed by atoms with Crippen LogP contribution in [0.5, 0.6) is 0 Å². The second-order valence-electron chi connectivity index (χ2n) is 5.43. The van der Waals surface area contributed by atoms with E-state index in [-0.39, 0.29) is 0 Å². The Labute approximate surface area is 145 Å². The van der Waals surface area contributed by atoms with E-state index in [9.17, 15) is 0 Å². The van der Waals surface area contributed by atoms with Crippen molar-refractivity contribution >= 4 is 34.2 Å². The van der Waals surface area contributed by atoms with Crippen molar-refractivity contribution in [3.8, 4) is 0 Å². The van der Waals surface area contributed by atoms with Crippen molar-refractivity contribution in [2.45, 2.75) is 4.90 Å². The van der Waals surface area contributed by atoms with E-state index in [1.807, 2.05) is 36.4 Å². The van der Waals surface area contributed by atoms with Crippen molar-refractivity contribution in [3.63, 3.8) is 0 Å². The summed E-state index contributed by atoms with van der Waals surface area (Å²) in [5.74, 6) is 0.885. The Morgan fingerprint density at radius 1 is 0.875 bits per heavy atom. The zero-order chi connectivity index (χ0) is 16.5. The summed E-state index contributed by atoms with van der Waals surface area (Å²) in [6.45, 7) is 7.97. The Kier molecular flexibility index (Phi) is 3.71. The maximum absolute atomic E-state index is 4.87. The van der Waals surface area contributed by atoms with Crippen LogP contribution >= 0.6 is 11.8 Å². The second kappa shape index (κ2) is 6.02. The lowest BCUT2D eigenvalue weighted by molar-refractivity contribution is 1.11. The molecule has 24 heavy (non-hydrogen) atoms. The fourth-order valence-corrected chi connectivity index (χ4v) is 3.91. The monoisotopic (exact) mass is 328 g/mol. The minimum Gasteiger partial charge on any atom is -0.293 e. The molecular weight excluding hydrogens is 312 g/mol. The maximum atomic E-state index is 4.87. The van der Waals surface area contributed by atoms with E-state index in [2.05, 4.69) is 54.5 Å². The van der Waals surface area contributed by atoms with Crippen molar-refractivity contribution in [2.75, 3.05) is 4.90 Å². The summed E-state index contributed by atoms with van der Waals surface area (Å²) >= 11 is 1.71. The van der Waals surface area contributed by atoms with Crippen LogP contribution in [0.25, 0.3) is 10.9 Å². The van der Waals surface area contributed by atoms with Gasteiger partial charge in [0.25, 0.3) is 0 Å². The molecule has 1 aliphatic heterocycles. The zero-order valence-corrected chi connectivity index (χ0v) is 14.0. The van der Waals surface area contributed by atoms with Crippen LogP contribution < -0.4 is 4.90 Å². The third kappa shape index (κ3) is 2.34. The number of fused-ring (bicyclic) bond motifs is 2. The van der Waals surface area contributed by atoms with Gasteiger partial charge in [0, 0.05) is 15.2 Å². The Bertz CT molecular complexity index is 988. The van der Waals surface area contributed by atoms with Crippen molar-refractivity contribution < 1.29 is 0 Å². The fraction of sp³-hybridized carbons (Fsp3) is 0. The number of nitrogens with zero attached hydrogens (tertiary/aromatic N) is 2. The lowest BCUT2D eigenvalue weighted by Gasteiger charge is -2.32. The van der Waals surface area contributed by atoms with Crippen LogP contribution in [-0.2, 0) is 0 Å². The van der Waals surface area contributed by atoms with E-state index >= 15 is 0 Å². The second-order valence-corrected chi connectivity index (χ2v) is 6.51. The standard InChI is InChI=1S/C21H16N2S/c1-3-17-19(4-2)24-20-12-8-7-11-18(20)23(17)21-14-13-15-9-5-6-10-16(15)22-21/h3-14H,1-2H2. The number of pyridine rings is 1. The molecule has 0 saturated heterocycles. The molecule has 0 radical (unpaired) electrons. The van der Waals surface area contributed by atoms with Gasteiger partial charge in [-0.25, -0.2) is 4.98 Å². The number of rotatable bonds is 3. The lowest BCUT2D eigenvalue weighted by atomic mass is 10.2. The molecular formula is C21H16N2S. The van der Waals surface area contributed by atoms with Crippen LogP contribution in [0.15, 0.2) is 101 Å². The van der Waals surface area contributed by atoms with Gasteiger partial charge >= 0.3 is 0 Å². The molecule has 2 heterocycles. The molecule has 0 bridgehead atoms. The molecule has 116 valence electrons. The average molecular weight is 328 g/mol. The SMILES string of the molecule is C=CC1=C(C=C)N(c2ccc3ccccc3n2)c2ccccc2S1. The van der Waals surface area contributed by atoms with E-state index in [1.54, 1.807) is 11.8 Å². The molecule has 4 rings (SSSR count). The fourth-order valence-electron chi connectivity index (χ4n) is 2.90. The third-order valence-electron chi connectivity index (χ3n) is 4.01. The third-order valence-corrected chi connectivity index (χ3v) is 5.17. The number of aromatic nitrogens is 1. The van der Waals surface area contributed by atoms with Crippen LogP contribution in [0.4, 0.5) is 11.5 Å². The number of hydrogen-bond donors (Lipinski definition) is 0. The highest BCUT2D eigenvalue weighted by Crippen LogP contribution is 2.46. The number of thioether (sulfide) groups is 1. The number of allylic oxidation sites excluding steroid dienone is 2. The van der Waals surface area contributed by atoms with Crippen LogP contribution in [0.1, 0.15) is 0 Å². The smallest absolute Gasteiger partial charge is 0.138 e. The number of anilines is 2. The minimum atomic E-state index is 0.885. The van der Waals surface area contributed by atoms with Crippen molar-refractivity contribution in [1.82, 2.24) is 4.98 Å². The van der Waals surface area contributed by atoms with Gasteiger partial charge in [0.1, 0.15) is 5.82 Å². The molecule has 0 amide bonds. The van der Waals surface area contributed by atoms with Gasteiger partial charge in [-0.1, -0.05) is 61.3 Å². The van der Waals surface area contributed by atoms with Crippen molar-refractivity contribution in [3.05, 3.63) is 96.6 Å². The summed E-state index contributed by atoms with van der Waals surface area (Å²) in [6.07, 6.45) is 3.75. The molecule has 1 aliphatic rings. The molecule has 0 aliphatic carbocycles. The van der Waals surface area contributed by atoms with Gasteiger partial charge < -0.3 is 0 Å². The van der Waals surface area contributed by atoms with Gasteiger partial charge in [-0.05, 0) is 36.4 Å². The molecule has 0 atom stereocenters. The molecule has 1 aromatic heterocycles. The van der Waals surface area contributed by atoms with Crippen LogP contribution in [-0.4, -0.2) is 4.98 Å². The van der Waals surface area contributed by atoms with E-state index in [0.717, 1.165) is 33.0 Å². The highest BCUT2D eigenvalue weighted by molar-refractivity contribution is 8.03. The minimum absolute atomic E-state index is 0.885. The Morgan fingerprint density at radius 2 is 1.67 bits per heavy atom. The van der Waals surface area contributed by atoms with Gasteiger partial charge in [0.2, 0.25) is 0 Å². The molecule has 2 aromatic carbocycles. The largest absolute Gasteiger partial charge is 0.293 e. The molecule has 3 heteroatoms. The summed E-state index contributed by atoms with van der Waals surface area (Å²) in [5, 5.41) is 1.13. The zero-order valence-electron chi connectivity index (χ0n) is 13.1. The normalized spacial score (nSPS) is 13.8. The average Bonchev–Trinajstić information content (AvgIpc) is 2.65. The molecule has 2 nitrogen and oxygen atoms in total. The first-order valence-corrected chi connectivity index (χ1v) is 8.55. The molecule has 0 fully saturated rings. The molecule has 0 spiro atoms. The summed E-state index contributed by atoms with van der Waals surface area (Å²) in [7, 11) is 0. The molecule has 0 unspecified atom stereocenters. The molecule has 3 aromatic rings. The van der Waals surface area contributed by atoms with E-state index in [0.29, 0.717) is 0 Å². The molecule has 0 N–H and O–H groups in total. The first-order chi connectivity index (χ1) is 11.8. The van der Waals surface area contributed by atoms with Crippen LogP contribution in [0.3, 0.4) is 0 Å². The Hall–Kier alpha value is -2.78. The predicted octanol–water partition coefficient (Wildman–Crippen LogP) is 6.06. The Morgan fingerprint density at radius 3 is 2.50 bits per heavy atom. The van der Waals surface area contributed by atoms with Crippen LogP contribution in [0, 0.1) is 0 Å². The van der Waals surface area contributed by atoms with Crippen molar-refractivity contribution in [1.29, 1.82) is 0 Å². The van der Waals surface area contributed by atoms with Crippen molar-refractivity contribution in [2.24, 2.45) is 0 Å².